The summed E-state index contributed by atoms with van der Waals surface area (Å²) in [5.41, 5.74) is 40.4. The van der Waals surface area contributed by atoms with E-state index in [0.29, 0.717) is 0 Å². The fourth-order valence-electron chi connectivity index (χ4n) is 19.3. The van der Waals surface area contributed by atoms with Gasteiger partial charge in [-0.05, 0) is 232 Å². The van der Waals surface area contributed by atoms with Crippen LogP contribution in [0.25, 0.3) is 122 Å². The molecule has 7 aliphatic rings. The maximum absolute atomic E-state index is 6.96. The summed E-state index contributed by atoms with van der Waals surface area (Å²) in [6.07, 6.45) is 11.4. The molecule has 1 aliphatic heterocycles. The lowest BCUT2D eigenvalue weighted by atomic mass is 9.78. The van der Waals surface area contributed by atoms with Crippen LogP contribution in [-0.4, -0.2) is 6.10 Å². The molecule has 2 aromatic heterocycles. The van der Waals surface area contributed by atoms with Crippen LogP contribution in [0.2, 0.25) is 0 Å². The number of hydrogen-bond acceptors (Lipinski definition) is 3. The Kier molecular flexibility index (Phi) is 10.4. The molecule has 13 aromatic rings. The van der Waals surface area contributed by atoms with Gasteiger partial charge in [-0.3, -0.25) is 0 Å². The highest BCUT2D eigenvalue weighted by atomic mass is 16.5. The Bertz CT molecular complexity index is 5810. The molecule has 3 heteroatoms. The second kappa shape index (κ2) is 17.8. The molecule has 3 heterocycles. The first-order chi connectivity index (χ1) is 45.2. The number of rotatable bonds is 4. The number of fused-ring (bicyclic) bond motifs is 27. The highest BCUT2D eigenvalue weighted by Crippen LogP contribution is 2.63. The number of para-hydroxylation sites is 2. The molecule has 0 N–H and O–H groups in total. The van der Waals surface area contributed by atoms with E-state index in [9.17, 15) is 0 Å². The summed E-state index contributed by atoms with van der Waals surface area (Å²) in [6.45, 7) is 28.7. The molecule has 2 atom stereocenters. The molecule has 0 spiro atoms. The topological polar surface area (TPSA) is 35.5 Å². The molecule has 2 unspecified atom stereocenters. The minimum Gasteiger partial charge on any atom is -0.485 e. The van der Waals surface area contributed by atoms with Gasteiger partial charge in [-0.15, -0.1) is 0 Å². The Morgan fingerprint density at radius 1 is 0.372 bits per heavy atom. The van der Waals surface area contributed by atoms with Gasteiger partial charge in [-0.1, -0.05) is 208 Å². The van der Waals surface area contributed by atoms with E-state index in [0.717, 1.165) is 39.0 Å². The second-order valence-corrected chi connectivity index (χ2v) is 31.2. The predicted octanol–water partition coefficient (Wildman–Crippen LogP) is 23.9. The average molecular weight is 1210 g/mol. The number of hydrogen-bond donors (Lipinski definition) is 0. The van der Waals surface area contributed by atoms with Gasteiger partial charge in [0.25, 0.3) is 0 Å². The van der Waals surface area contributed by atoms with E-state index in [1.54, 1.807) is 0 Å². The SMILES string of the molecule is Cc1cc(C)cc(-c2cc3c(c4c2oc2ccccc24)-c2ccc(/C=C(/c4ccc5c(c4)C(C)(C)c4cc6c(cc4-5)C(C)(C)c4ccc5c(c4-6)C4C=CC=CC4O5)c4ccc5c(c4)C(C)(C)c4cc6c(cc4-5)C(C)(C)c4ccc5oc7ccccc7c5c4-6)cc2C3(C)C)c1. The van der Waals surface area contributed by atoms with E-state index in [-0.39, 0.29) is 39.1 Å². The smallest absolute Gasteiger partial charge is 0.143 e. The Morgan fingerprint density at radius 2 is 0.872 bits per heavy atom. The Labute approximate surface area is 549 Å². The van der Waals surface area contributed by atoms with Gasteiger partial charge in [0.15, 0.2) is 0 Å². The normalized spacial score (nSPS) is 18.9. The molecule has 94 heavy (non-hydrogen) atoms. The number of aryl methyl sites for hydroxylation is 2. The van der Waals surface area contributed by atoms with Crippen molar-refractivity contribution in [1.82, 2.24) is 0 Å². The third-order valence-electron chi connectivity index (χ3n) is 24.1. The van der Waals surface area contributed by atoms with Crippen LogP contribution in [0.3, 0.4) is 0 Å². The molecule has 6 aliphatic carbocycles. The van der Waals surface area contributed by atoms with Crippen LogP contribution in [0.4, 0.5) is 0 Å². The minimum absolute atomic E-state index is 0.0268. The summed E-state index contributed by atoms with van der Waals surface area (Å²) >= 11 is 0. The van der Waals surface area contributed by atoms with Crippen LogP contribution in [-0.2, 0) is 27.1 Å². The lowest BCUT2D eigenvalue weighted by Gasteiger charge is -2.25. The van der Waals surface area contributed by atoms with Gasteiger partial charge in [0.05, 0.1) is 0 Å². The van der Waals surface area contributed by atoms with Crippen molar-refractivity contribution in [3.05, 3.63) is 289 Å². The zero-order chi connectivity index (χ0) is 63.8. The molecule has 0 amide bonds. The van der Waals surface area contributed by atoms with Crippen LogP contribution in [0.15, 0.2) is 209 Å². The van der Waals surface area contributed by atoms with E-state index in [1.807, 2.05) is 0 Å². The van der Waals surface area contributed by atoms with Crippen molar-refractivity contribution in [2.75, 3.05) is 0 Å². The van der Waals surface area contributed by atoms with E-state index in [1.165, 1.54) is 172 Å². The quantitative estimate of drug-likeness (QED) is 0.165. The monoisotopic (exact) mass is 1210 g/mol. The number of furan rings is 2. The summed E-state index contributed by atoms with van der Waals surface area (Å²) in [5, 5.41) is 4.76. The molecule has 3 nitrogen and oxygen atoms in total. The standard InChI is InChI=1S/C91H72O3/c1-47-35-48(2)37-52(36-47)60-42-74-80(85-58-21-15-18-24-77(58)94-86(60)85)55-28-25-49(39-67(55)91(74,11)12)38-59(50-26-29-53-61-43-72-63(45-70(61)89(7,8)68(53)40-50)81-65(87(72,3)4)31-33-78-83(81)56-19-13-16-22-75(56)92-78)51-27-30-54-62-44-73-64(46-71(62)90(9,10)69(54)41-51)82-66(88(73,5)6)32-34-79-84(82)57-20-14-17-23-76(57)93-79/h13-46,56,75H,1-12H3/b59-38-. The van der Waals surface area contributed by atoms with E-state index >= 15 is 0 Å². The molecule has 454 valence electrons. The van der Waals surface area contributed by atoms with Gasteiger partial charge in [0, 0.05) is 65.7 Å². The molecule has 0 saturated carbocycles. The summed E-state index contributed by atoms with van der Waals surface area (Å²) in [7, 11) is 0. The maximum Gasteiger partial charge on any atom is 0.143 e. The Hall–Kier alpha value is -9.96. The summed E-state index contributed by atoms with van der Waals surface area (Å²) < 4.78 is 20.2. The maximum atomic E-state index is 6.96. The van der Waals surface area contributed by atoms with Crippen molar-refractivity contribution in [3.8, 4) is 72.5 Å². The van der Waals surface area contributed by atoms with E-state index in [4.69, 9.17) is 13.6 Å². The summed E-state index contributed by atoms with van der Waals surface area (Å²) in [4.78, 5) is 0. The highest BCUT2D eigenvalue weighted by molar-refractivity contribution is 6.19. The zero-order valence-electron chi connectivity index (χ0n) is 55.5. The fourth-order valence-corrected chi connectivity index (χ4v) is 19.3. The average Bonchev–Trinajstić information content (AvgIpc) is 1.54. The largest absolute Gasteiger partial charge is 0.485 e. The lowest BCUT2D eigenvalue weighted by Crippen LogP contribution is -2.17. The molecule has 0 fully saturated rings. The van der Waals surface area contributed by atoms with E-state index in [2.05, 4.69) is 289 Å². The van der Waals surface area contributed by atoms with Gasteiger partial charge >= 0.3 is 0 Å². The number of ether oxygens (including phenoxy) is 1. The van der Waals surface area contributed by atoms with Crippen LogP contribution in [0.5, 0.6) is 5.75 Å². The summed E-state index contributed by atoms with van der Waals surface area (Å²) in [5.74, 6) is 1.22. The summed E-state index contributed by atoms with van der Waals surface area (Å²) in [6, 6.07) is 68.0. The van der Waals surface area contributed by atoms with Gasteiger partial charge < -0.3 is 13.6 Å². The second-order valence-electron chi connectivity index (χ2n) is 31.2. The van der Waals surface area contributed by atoms with Crippen molar-refractivity contribution in [3.63, 3.8) is 0 Å². The van der Waals surface area contributed by atoms with Gasteiger partial charge in [-0.25, -0.2) is 0 Å². The Balaban J connectivity index is 0.761. The molecule has 0 saturated heterocycles. The van der Waals surface area contributed by atoms with Gasteiger partial charge in [-0.2, -0.15) is 0 Å². The minimum atomic E-state index is -0.318. The third kappa shape index (κ3) is 6.87. The molecular formula is C91H72O3. The van der Waals surface area contributed by atoms with Gasteiger partial charge in [0.1, 0.15) is 34.2 Å². The molecule has 20 rings (SSSR count). The third-order valence-corrected chi connectivity index (χ3v) is 24.1. The van der Waals surface area contributed by atoms with Crippen LogP contribution < -0.4 is 4.74 Å². The fraction of sp³-hybridized carbons (Fsp3) is 0.209. The highest BCUT2D eigenvalue weighted by Gasteiger charge is 2.48. The van der Waals surface area contributed by atoms with Crippen LogP contribution in [0.1, 0.15) is 164 Å². The van der Waals surface area contributed by atoms with Crippen LogP contribution >= 0.6 is 0 Å². The first-order valence-electron chi connectivity index (χ1n) is 33.9. The Morgan fingerprint density at radius 3 is 1.54 bits per heavy atom. The molecular weight excluding hydrogens is 1140 g/mol. The van der Waals surface area contributed by atoms with E-state index < -0.39 is 0 Å². The molecule has 0 bridgehead atoms. The first-order valence-corrected chi connectivity index (χ1v) is 33.9. The molecule has 11 aromatic carbocycles. The van der Waals surface area contributed by atoms with Crippen molar-refractivity contribution < 1.29 is 13.6 Å². The number of allylic oxidation sites excluding steroid dienone is 2. The van der Waals surface area contributed by atoms with Gasteiger partial charge in [0.2, 0.25) is 0 Å². The number of benzene rings is 11. The van der Waals surface area contributed by atoms with Crippen molar-refractivity contribution in [1.29, 1.82) is 0 Å². The van der Waals surface area contributed by atoms with Crippen molar-refractivity contribution in [2.45, 2.75) is 122 Å². The van der Waals surface area contributed by atoms with Crippen LogP contribution in [0, 0.1) is 13.8 Å². The van der Waals surface area contributed by atoms with Crippen molar-refractivity contribution in [2.24, 2.45) is 0 Å². The predicted molar refractivity (Wildman–Crippen MR) is 389 cm³/mol. The lowest BCUT2D eigenvalue weighted by molar-refractivity contribution is 0.269. The first kappa shape index (κ1) is 54.6. The molecule has 0 radical (unpaired) electrons. The zero-order valence-corrected chi connectivity index (χ0v) is 55.5. The van der Waals surface area contributed by atoms with Crippen molar-refractivity contribution >= 4 is 55.5 Å².